The van der Waals surface area contributed by atoms with Gasteiger partial charge in [0, 0.05) is 31.2 Å². The summed E-state index contributed by atoms with van der Waals surface area (Å²) in [6, 6.07) is 5.55. The summed E-state index contributed by atoms with van der Waals surface area (Å²) in [4.78, 5) is 17.0. The van der Waals surface area contributed by atoms with Crippen LogP contribution in [0.4, 0.5) is 0 Å². The Hall–Kier alpha value is -2.34. The molecule has 0 bridgehead atoms. The van der Waals surface area contributed by atoms with Crippen molar-refractivity contribution in [1.82, 2.24) is 10.3 Å². The Morgan fingerprint density at radius 2 is 2.38 bits per heavy atom. The van der Waals surface area contributed by atoms with Crippen molar-refractivity contribution in [3.8, 4) is 5.88 Å². The molecular formula is C18H22N2O4. The Labute approximate surface area is 140 Å². The fraction of sp³-hybridized carbons (Fsp3) is 0.444. The molecule has 1 aliphatic carbocycles. The maximum Gasteiger partial charge on any atom is 0.256 e. The van der Waals surface area contributed by atoms with Crippen LogP contribution < -0.4 is 10.1 Å². The quantitative estimate of drug-likeness (QED) is 0.808. The van der Waals surface area contributed by atoms with Gasteiger partial charge in [-0.15, -0.1) is 0 Å². The molecule has 1 amide bonds. The minimum absolute atomic E-state index is 0.0272. The Morgan fingerprint density at radius 3 is 3.08 bits per heavy atom. The Bertz CT molecular complexity index is 697. The number of furan rings is 1. The van der Waals surface area contributed by atoms with Crippen molar-refractivity contribution in [3.05, 3.63) is 47.0 Å². The number of nitrogens with one attached hydrogen (secondary N) is 1. The third kappa shape index (κ3) is 3.59. The van der Waals surface area contributed by atoms with Crippen LogP contribution in [-0.4, -0.2) is 36.3 Å². The Morgan fingerprint density at radius 1 is 1.50 bits per heavy atom. The van der Waals surface area contributed by atoms with Gasteiger partial charge in [0.25, 0.3) is 5.91 Å². The van der Waals surface area contributed by atoms with Gasteiger partial charge in [-0.2, -0.15) is 0 Å². The van der Waals surface area contributed by atoms with Crippen molar-refractivity contribution in [2.75, 3.05) is 20.3 Å². The molecule has 0 unspecified atom stereocenters. The number of fused-ring (bicyclic) bond motifs is 1. The van der Waals surface area contributed by atoms with Gasteiger partial charge in [-0.3, -0.25) is 4.79 Å². The summed E-state index contributed by atoms with van der Waals surface area (Å²) in [5.41, 5.74) is 2.59. The average molecular weight is 330 g/mol. The summed E-state index contributed by atoms with van der Waals surface area (Å²) in [6.07, 6.45) is 5.12. The van der Waals surface area contributed by atoms with Crippen molar-refractivity contribution < 1.29 is 19.1 Å². The number of aliphatic hydroxyl groups excluding tert-OH is 1. The molecule has 0 saturated heterocycles. The molecule has 0 fully saturated rings. The molecule has 128 valence electrons. The number of rotatable bonds is 7. The molecule has 0 aliphatic heterocycles. The summed E-state index contributed by atoms with van der Waals surface area (Å²) in [7, 11) is 1.52. The number of amides is 1. The summed E-state index contributed by atoms with van der Waals surface area (Å²) >= 11 is 0. The topological polar surface area (TPSA) is 84.6 Å². The number of aromatic nitrogens is 1. The van der Waals surface area contributed by atoms with Crippen LogP contribution in [0.25, 0.3) is 0 Å². The number of methoxy groups -OCH3 is 1. The molecule has 0 aromatic carbocycles. The highest BCUT2D eigenvalue weighted by Gasteiger charge is 2.21. The first-order valence-electron chi connectivity index (χ1n) is 8.19. The van der Waals surface area contributed by atoms with Crippen molar-refractivity contribution in [1.29, 1.82) is 0 Å². The lowest BCUT2D eigenvalue weighted by Crippen LogP contribution is -2.32. The van der Waals surface area contributed by atoms with Gasteiger partial charge in [-0.1, -0.05) is 0 Å². The van der Waals surface area contributed by atoms with E-state index in [0.29, 0.717) is 24.4 Å². The van der Waals surface area contributed by atoms with E-state index < -0.39 is 0 Å². The van der Waals surface area contributed by atoms with Gasteiger partial charge < -0.3 is 19.6 Å². The fourth-order valence-corrected chi connectivity index (χ4v) is 3.02. The molecule has 2 N–H and O–H groups in total. The van der Waals surface area contributed by atoms with E-state index in [1.807, 2.05) is 18.2 Å². The summed E-state index contributed by atoms with van der Waals surface area (Å²) in [6.45, 7) is 0.330. The summed E-state index contributed by atoms with van der Waals surface area (Å²) in [5, 5.41) is 12.4. The van der Waals surface area contributed by atoms with Crippen LogP contribution in [-0.2, 0) is 19.3 Å². The van der Waals surface area contributed by atoms with E-state index in [-0.39, 0.29) is 18.4 Å². The zero-order valence-electron chi connectivity index (χ0n) is 13.7. The highest BCUT2D eigenvalue weighted by molar-refractivity contribution is 5.96. The van der Waals surface area contributed by atoms with Crippen LogP contribution >= 0.6 is 0 Å². The third-order valence-corrected chi connectivity index (χ3v) is 4.33. The predicted molar refractivity (Wildman–Crippen MR) is 88.1 cm³/mol. The molecule has 24 heavy (non-hydrogen) atoms. The fourth-order valence-electron chi connectivity index (χ4n) is 3.02. The largest absolute Gasteiger partial charge is 0.480 e. The second-order valence-corrected chi connectivity index (χ2v) is 6.05. The van der Waals surface area contributed by atoms with E-state index in [1.165, 1.54) is 7.11 Å². The number of hydrogen-bond acceptors (Lipinski definition) is 5. The zero-order chi connectivity index (χ0) is 16.9. The van der Waals surface area contributed by atoms with Crippen LogP contribution in [0.1, 0.15) is 33.8 Å². The van der Waals surface area contributed by atoms with Gasteiger partial charge >= 0.3 is 0 Å². The SMILES string of the molecule is COc1nc2c(cc1C(=O)NC[C@H](CO)Cc1ccco1)CCC2. The Balaban J connectivity index is 1.66. The van der Waals surface area contributed by atoms with Gasteiger partial charge in [-0.25, -0.2) is 4.98 Å². The zero-order valence-corrected chi connectivity index (χ0v) is 13.7. The number of pyridine rings is 1. The normalized spacial score (nSPS) is 14.2. The van der Waals surface area contributed by atoms with E-state index in [9.17, 15) is 9.90 Å². The lowest BCUT2D eigenvalue weighted by atomic mass is 10.0. The maximum absolute atomic E-state index is 12.5. The van der Waals surface area contributed by atoms with Gasteiger partial charge in [0.05, 0.1) is 13.4 Å². The molecule has 2 heterocycles. The molecule has 0 radical (unpaired) electrons. The number of carbonyl (C=O) groups excluding carboxylic acids is 1. The highest BCUT2D eigenvalue weighted by Crippen LogP contribution is 2.26. The van der Waals surface area contributed by atoms with Crippen LogP contribution in [0.5, 0.6) is 5.88 Å². The molecule has 3 rings (SSSR count). The lowest BCUT2D eigenvalue weighted by molar-refractivity contribution is 0.0935. The molecule has 2 aromatic heterocycles. The molecule has 2 aromatic rings. The van der Waals surface area contributed by atoms with Crippen molar-refractivity contribution in [2.24, 2.45) is 5.92 Å². The van der Waals surface area contributed by atoms with Gasteiger partial charge in [0.15, 0.2) is 0 Å². The first kappa shape index (κ1) is 16.5. The second kappa shape index (κ2) is 7.49. The van der Waals surface area contributed by atoms with E-state index in [2.05, 4.69) is 10.3 Å². The number of aryl methyl sites for hydroxylation is 2. The standard InChI is InChI=1S/C18H22N2O4/c1-23-18-15(9-13-4-2-6-16(13)20-18)17(22)19-10-12(11-21)8-14-5-3-7-24-14/h3,5,7,9,12,21H,2,4,6,8,10-11H2,1H3,(H,19,22)/t12-/m1/s1. The summed E-state index contributed by atoms with van der Waals surface area (Å²) in [5.74, 6) is 0.820. The molecule has 1 atom stereocenters. The first-order chi connectivity index (χ1) is 11.7. The van der Waals surface area contributed by atoms with Gasteiger partial charge in [-0.05, 0) is 43.0 Å². The van der Waals surface area contributed by atoms with E-state index in [0.717, 1.165) is 36.3 Å². The molecule has 1 aliphatic rings. The average Bonchev–Trinajstić information content (AvgIpc) is 3.27. The van der Waals surface area contributed by atoms with E-state index in [1.54, 1.807) is 6.26 Å². The monoisotopic (exact) mass is 330 g/mol. The van der Waals surface area contributed by atoms with E-state index >= 15 is 0 Å². The van der Waals surface area contributed by atoms with Crippen molar-refractivity contribution in [3.63, 3.8) is 0 Å². The smallest absolute Gasteiger partial charge is 0.256 e. The lowest BCUT2D eigenvalue weighted by Gasteiger charge is -2.15. The summed E-state index contributed by atoms with van der Waals surface area (Å²) < 4.78 is 10.6. The number of hydrogen-bond donors (Lipinski definition) is 2. The van der Waals surface area contributed by atoms with Crippen LogP contribution in [0, 0.1) is 5.92 Å². The number of ether oxygens (including phenoxy) is 1. The second-order valence-electron chi connectivity index (χ2n) is 6.05. The molecular weight excluding hydrogens is 308 g/mol. The molecule has 6 heteroatoms. The number of nitrogens with zero attached hydrogens (tertiary/aromatic N) is 1. The van der Waals surface area contributed by atoms with Crippen LogP contribution in [0.15, 0.2) is 28.9 Å². The van der Waals surface area contributed by atoms with Crippen molar-refractivity contribution in [2.45, 2.75) is 25.7 Å². The molecule has 0 saturated carbocycles. The highest BCUT2D eigenvalue weighted by atomic mass is 16.5. The van der Waals surface area contributed by atoms with Crippen molar-refractivity contribution >= 4 is 5.91 Å². The third-order valence-electron chi connectivity index (χ3n) is 4.33. The Kier molecular flexibility index (Phi) is 5.15. The predicted octanol–water partition coefficient (Wildman–Crippen LogP) is 1.75. The van der Waals surface area contributed by atoms with Crippen LogP contribution in [0.2, 0.25) is 0 Å². The van der Waals surface area contributed by atoms with E-state index in [4.69, 9.17) is 9.15 Å². The van der Waals surface area contributed by atoms with Crippen LogP contribution in [0.3, 0.4) is 0 Å². The van der Waals surface area contributed by atoms with Gasteiger partial charge in [0.1, 0.15) is 11.3 Å². The minimum Gasteiger partial charge on any atom is -0.480 e. The van der Waals surface area contributed by atoms with Gasteiger partial charge in [0.2, 0.25) is 5.88 Å². The maximum atomic E-state index is 12.5. The molecule has 6 nitrogen and oxygen atoms in total. The number of carbonyl (C=O) groups is 1. The number of aliphatic hydroxyl groups is 1. The minimum atomic E-state index is -0.230. The first-order valence-corrected chi connectivity index (χ1v) is 8.19. The molecule has 0 spiro atoms.